The monoisotopic (exact) mass is 260 g/mol. The first-order valence-electron chi connectivity index (χ1n) is 5.95. The predicted molar refractivity (Wildman–Crippen MR) is 72.0 cm³/mol. The van der Waals surface area contributed by atoms with Gasteiger partial charge in [-0.3, -0.25) is 0 Å². The van der Waals surface area contributed by atoms with Crippen LogP contribution in [0, 0.1) is 0 Å². The number of methoxy groups -OCH3 is 1. The first kappa shape index (κ1) is 13.2. The topological polar surface area (TPSA) is 62.8 Å². The fraction of sp³-hybridized carbons (Fsp3) is 0.200. The SMILES string of the molecule is COc1cccc(O)c1C/C=C/c1ccc(CO)o1. The number of hydrogen-bond acceptors (Lipinski definition) is 4. The van der Waals surface area contributed by atoms with Crippen molar-refractivity contribution in [3.8, 4) is 11.5 Å². The summed E-state index contributed by atoms with van der Waals surface area (Å²) in [5, 5.41) is 18.7. The van der Waals surface area contributed by atoms with Gasteiger partial charge >= 0.3 is 0 Å². The minimum atomic E-state index is -0.110. The Morgan fingerprint density at radius 2 is 2.11 bits per heavy atom. The van der Waals surface area contributed by atoms with Gasteiger partial charge in [-0.05, 0) is 36.8 Å². The van der Waals surface area contributed by atoms with Crippen LogP contribution in [-0.2, 0) is 13.0 Å². The zero-order chi connectivity index (χ0) is 13.7. The molecule has 2 aromatic rings. The maximum Gasteiger partial charge on any atom is 0.130 e. The molecule has 0 aliphatic rings. The van der Waals surface area contributed by atoms with Crippen LogP contribution in [-0.4, -0.2) is 17.3 Å². The number of aromatic hydroxyl groups is 1. The molecule has 1 aromatic heterocycles. The summed E-state index contributed by atoms with van der Waals surface area (Å²) in [6.07, 6.45) is 4.20. The first-order chi connectivity index (χ1) is 9.24. The molecule has 0 atom stereocenters. The number of rotatable bonds is 5. The van der Waals surface area contributed by atoms with Gasteiger partial charge in [0.15, 0.2) is 0 Å². The Morgan fingerprint density at radius 3 is 2.79 bits per heavy atom. The third-order valence-electron chi connectivity index (χ3n) is 2.77. The van der Waals surface area contributed by atoms with E-state index in [1.54, 1.807) is 43.5 Å². The van der Waals surface area contributed by atoms with Crippen molar-refractivity contribution in [2.24, 2.45) is 0 Å². The van der Waals surface area contributed by atoms with Gasteiger partial charge < -0.3 is 19.4 Å². The Bertz CT molecular complexity index is 569. The molecule has 0 aliphatic heterocycles. The highest BCUT2D eigenvalue weighted by Crippen LogP contribution is 2.28. The minimum absolute atomic E-state index is 0.110. The van der Waals surface area contributed by atoms with Crippen LogP contribution < -0.4 is 4.74 Å². The molecule has 0 unspecified atom stereocenters. The number of furan rings is 1. The molecule has 2 N–H and O–H groups in total. The standard InChI is InChI=1S/C15H16O4/c1-18-15-7-3-6-14(17)13(15)5-2-4-11-8-9-12(10-16)19-11/h2-4,6-9,16-17H,5,10H2,1H3/b4-2+. The van der Waals surface area contributed by atoms with E-state index in [-0.39, 0.29) is 12.4 Å². The summed E-state index contributed by atoms with van der Waals surface area (Å²) >= 11 is 0. The molecule has 0 radical (unpaired) electrons. The van der Waals surface area contributed by atoms with Crippen LogP contribution in [0.25, 0.3) is 6.08 Å². The van der Waals surface area contributed by atoms with Crippen LogP contribution in [0.15, 0.2) is 40.8 Å². The van der Waals surface area contributed by atoms with E-state index in [0.717, 1.165) is 5.56 Å². The van der Waals surface area contributed by atoms with Gasteiger partial charge in [0.05, 0.1) is 7.11 Å². The maximum absolute atomic E-state index is 9.79. The summed E-state index contributed by atoms with van der Waals surface area (Å²) in [7, 11) is 1.57. The Kier molecular flexibility index (Phi) is 4.26. The van der Waals surface area contributed by atoms with E-state index in [0.29, 0.717) is 23.7 Å². The summed E-state index contributed by atoms with van der Waals surface area (Å²) in [6.45, 7) is -0.110. The van der Waals surface area contributed by atoms with Crippen LogP contribution in [0.1, 0.15) is 17.1 Å². The van der Waals surface area contributed by atoms with Crippen LogP contribution in [0.4, 0.5) is 0 Å². The molecule has 0 saturated heterocycles. The molecule has 0 saturated carbocycles. The molecule has 19 heavy (non-hydrogen) atoms. The zero-order valence-corrected chi connectivity index (χ0v) is 10.7. The summed E-state index contributed by atoms with van der Waals surface area (Å²) in [4.78, 5) is 0. The van der Waals surface area contributed by atoms with E-state index in [4.69, 9.17) is 14.3 Å². The highest BCUT2D eigenvalue weighted by Gasteiger charge is 2.06. The largest absolute Gasteiger partial charge is 0.508 e. The predicted octanol–water partition coefficient (Wildman–Crippen LogP) is 2.74. The average molecular weight is 260 g/mol. The molecular weight excluding hydrogens is 244 g/mol. The molecule has 1 aromatic carbocycles. The van der Waals surface area contributed by atoms with Gasteiger partial charge in [-0.1, -0.05) is 12.1 Å². The highest BCUT2D eigenvalue weighted by molar-refractivity contribution is 5.49. The number of ether oxygens (including phenoxy) is 1. The number of aliphatic hydroxyl groups is 1. The zero-order valence-electron chi connectivity index (χ0n) is 10.7. The van der Waals surface area contributed by atoms with Crippen molar-refractivity contribution in [3.05, 3.63) is 53.5 Å². The molecule has 4 nitrogen and oxygen atoms in total. The second kappa shape index (κ2) is 6.11. The van der Waals surface area contributed by atoms with E-state index in [9.17, 15) is 5.11 Å². The molecule has 4 heteroatoms. The van der Waals surface area contributed by atoms with E-state index in [1.807, 2.05) is 6.08 Å². The van der Waals surface area contributed by atoms with Gasteiger partial charge in [0.2, 0.25) is 0 Å². The molecule has 1 heterocycles. The molecule has 100 valence electrons. The fourth-order valence-electron chi connectivity index (χ4n) is 1.81. The molecule has 0 bridgehead atoms. The van der Waals surface area contributed by atoms with Gasteiger partial charge in [-0.2, -0.15) is 0 Å². The van der Waals surface area contributed by atoms with Crippen molar-refractivity contribution in [3.63, 3.8) is 0 Å². The Labute approximate surface area is 111 Å². The summed E-state index contributed by atoms with van der Waals surface area (Å²) in [5.74, 6) is 2.05. The van der Waals surface area contributed by atoms with Crippen molar-refractivity contribution >= 4 is 6.08 Å². The summed E-state index contributed by atoms with van der Waals surface area (Å²) in [5.41, 5.74) is 0.732. The van der Waals surface area contributed by atoms with Gasteiger partial charge in [0, 0.05) is 5.56 Å². The number of aliphatic hydroxyl groups excluding tert-OH is 1. The second-order valence-corrected chi connectivity index (χ2v) is 4.03. The van der Waals surface area contributed by atoms with Gasteiger partial charge in [-0.25, -0.2) is 0 Å². The average Bonchev–Trinajstić information content (AvgIpc) is 2.88. The first-order valence-corrected chi connectivity index (χ1v) is 5.95. The molecule has 0 amide bonds. The van der Waals surface area contributed by atoms with Crippen molar-refractivity contribution in [1.29, 1.82) is 0 Å². The van der Waals surface area contributed by atoms with E-state index in [2.05, 4.69) is 0 Å². The van der Waals surface area contributed by atoms with Crippen molar-refractivity contribution in [2.75, 3.05) is 7.11 Å². The van der Waals surface area contributed by atoms with Gasteiger partial charge in [-0.15, -0.1) is 0 Å². The van der Waals surface area contributed by atoms with Crippen molar-refractivity contribution in [2.45, 2.75) is 13.0 Å². The number of phenolic OH excluding ortho intramolecular Hbond substituents is 1. The molecule has 2 rings (SSSR count). The normalized spacial score (nSPS) is 11.1. The number of benzene rings is 1. The second-order valence-electron chi connectivity index (χ2n) is 4.03. The Balaban J connectivity index is 2.10. The van der Waals surface area contributed by atoms with E-state index in [1.165, 1.54) is 0 Å². The lowest BCUT2D eigenvalue weighted by atomic mass is 10.1. The summed E-state index contributed by atoms with van der Waals surface area (Å²) in [6, 6.07) is 8.67. The molecular formula is C15H16O4. The lowest BCUT2D eigenvalue weighted by Crippen LogP contribution is -1.90. The lowest BCUT2D eigenvalue weighted by Gasteiger charge is -2.07. The Morgan fingerprint density at radius 1 is 1.26 bits per heavy atom. The van der Waals surface area contributed by atoms with E-state index < -0.39 is 0 Å². The van der Waals surface area contributed by atoms with Gasteiger partial charge in [0.1, 0.15) is 29.6 Å². The van der Waals surface area contributed by atoms with Crippen LogP contribution >= 0.6 is 0 Å². The lowest BCUT2D eigenvalue weighted by molar-refractivity contribution is 0.246. The molecule has 0 fully saturated rings. The number of phenols is 1. The highest BCUT2D eigenvalue weighted by atomic mass is 16.5. The maximum atomic E-state index is 9.79. The van der Waals surface area contributed by atoms with Crippen LogP contribution in [0.5, 0.6) is 11.5 Å². The number of hydrogen-bond donors (Lipinski definition) is 2. The van der Waals surface area contributed by atoms with Crippen LogP contribution in [0.3, 0.4) is 0 Å². The summed E-state index contributed by atoms with van der Waals surface area (Å²) < 4.78 is 10.5. The number of allylic oxidation sites excluding steroid dienone is 1. The fourth-order valence-corrected chi connectivity index (χ4v) is 1.81. The van der Waals surface area contributed by atoms with E-state index >= 15 is 0 Å². The van der Waals surface area contributed by atoms with Gasteiger partial charge in [0.25, 0.3) is 0 Å². The van der Waals surface area contributed by atoms with Crippen molar-refractivity contribution in [1.82, 2.24) is 0 Å². The third-order valence-corrected chi connectivity index (χ3v) is 2.77. The minimum Gasteiger partial charge on any atom is -0.508 e. The third kappa shape index (κ3) is 3.17. The molecule has 0 spiro atoms. The molecule has 0 aliphatic carbocycles. The Hall–Kier alpha value is -2.20. The quantitative estimate of drug-likeness (QED) is 0.867. The van der Waals surface area contributed by atoms with Crippen molar-refractivity contribution < 1.29 is 19.4 Å². The van der Waals surface area contributed by atoms with Crippen LogP contribution in [0.2, 0.25) is 0 Å². The smallest absolute Gasteiger partial charge is 0.130 e.